The van der Waals surface area contributed by atoms with E-state index in [-0.39, 0.29) is 23.8 Å². The van der Waals surface area contributed by atoms with E-state index in [1.54, 1.807) is 43.4 Å². The van der Waals surface area contributed by atoms with E-state index in [1.165, 1.54) is 17.0 Å². The molecular formula is C18H20Cl2N2O4S. The van der Waals surface area contributed by atoms with Gasteiger partial charge in [-0.25, -0.2) is 13.1 Å². The average Bonchev–Trinajstić information content (AvgIpc) is 2.63. The molecule has 0 heterocycles. The van der Waals surface area contributed by atoms with E-state index in [1.807, 2.05) is 0 Å². The van der Waals surface area contributed by atoms with E-state index in [9.17, 15) is 13.2 Å². The molecule has 0 aromatic heterocycles. The van der Waals surface area contributed by atoms with E-state index in [4.69, 9.17) is 27.9 Å². The number of rotatable bonds is 9. The van der Waals surface area contributed by atoms with Crippen molar-refractivity contribution in [1.29, 1.82) is 0 Å². The Bertz CT molecular complexity index is 873. The molecule has 0 aliphatic carbocycles. The quantitative estimate of drug-likeness (QED) is 0.662. The van der Waals surface area contributed by atoms with Gasteiger partial charge in [0.1, 0.15) is 12.4 Å². The smallest absolute Gasteiger partial charge is 0.240 e. The Balaban J connectivity index is 1.73. The highest BCUT2D eigenvalue weighted by Crippen LogP contribution is 2.16. The van der Waals surface area contributed by atoms with Crippen molar-refractivity contribution < 1.29 is 17.9 Å². The topological polar surface area (TPSA) is 75.7 Å². The van der Waals surface area contributed by atoms with Gasteiger partial charge in [0.2, 0.25) is 15.9 Å². The summed E-state index contributed by atoms with van der Waals surface area (Å²) in [5.74, 6) is 0.470. The number of ether oxygens (including phenoxy) is 1. The monoisotopic (exact) mass is 430 g/mol. The highest BCUT2D eigenvalue weighted by Gasteiger charge is 2.15. The number of amides is 1. The first-order valence-electron chi connectivity index (χ1n) is 8.15. The van der Waals surface area contributed by atoms with Crippen LogP contribution < -0.4 is 9.46 Å². The van der Waals surface area contributed by atoms with Gasteiger partial charge in [-0.2, -0.15) is 0 Å². The summed E-state index contributed by atoms with van der Waals surface area (Å²) < 4.78 is 32.3. The number of nitrogens with zero attached hydrogens (tertiary/aromatic N) is 1. The Kier molecular flexibility index (Phi) is 7.91. The zero-order valence-corrected chi connectivity index (χ0v) is 17.0. The number of carbonyl (C=O) groups is 1. The van der Waals surface area contributed by atoms with Crippen molar-refractivity contribution in [3.8, 4) is 5.75 Å². The lowest BCUT2D eigenvalue weighted by Crippen LogP contribution is -2.34. The van der Waals surface area contributed by atoms with Gasteiger partial charge in [-0.1, -0.05) is 29.3 Å². The largest absolute Gasteiger partial charge is 0.492 e. The minimum atomic E-state index is -3.70. The summed E-state index contributed by atoms with van der Waals surface area (Å²) in [7, 11) is -2.06. The van der Waals surface area contributed by atoms with Crippen LogP contribution in [0.5, 0.6) is 5.75 Å². The zero-order chi connectivity index (χ0) is 19.9. The fraction of sp³-hybridized carbons (Fsp3) is 0.278. The van der Waals surface area contributed by atoms with E-state index in [0.29, 0.717) is 28.9 Å². The van der Waals surface area contributed by atoms with Gasteiger partial charge in [0.05, 0.1) is 11.4 Å². The van der Waals surface area contributed by atoms with Crippen molar-refractivity contribution in [2.75, 3.05) is 26.7 Å². The van der Waals surface area contributed by atoms with Crippen LogP contribution in [0.3, 0.4) is 0 Å². The Morgan fingerprint density at radius 1 is 1.11 bits per heavy atom. The second-order valence-electron chi connectivity index (χ2n) is 5.72. The standard InChI is InChI=1S/C18H20Cl2N2O4S/c1-22(11-12-26-16-7-5-14(19)6-8-16)18(23)9-10-21-27(24,25)17-4-2-3-15(20)13-17/h2-8,13,21H,9-12H2,1H3. The Morgan fingerprint density at radius 3 is 2.48 bits per heavy atom. The second kappa shape index (κ2) is 9.94. The molecule has 27 heavy (non-hydrogen) atoms. The summed E-state index contributed by atoms with van der Waals surface area (Å²) in [5, 5.41) is 0.948. The van der Waals surface area contributed by atoms with Crippen LogP contribution in [0.4, 0.5) is 0 Å². The number of halogens is 2. The van der Waals surface area contributed by atoms with E-state index < -0.39 is 10.0 Å². The van der Waals surface area contributed by atoms with E-state index in [2.05, 4.69) is 4.72 Å². The summed E-state index contributed by atoms with van der Waals surface area (Å²) in [6.07, 6.45) is 0.0389. The van der Waals surface area contributed by atoms with Gasteiger partial charge in [-0.3, -0.25) is 4.79 Å². The molecule has 0 bridgehead atoms. The molecule has 1 amide bonds. The van der Waals surface area contributed by atoms with Gasteiger partial charge in [0, 0.05) is 30.1 Å². The molecule has 0 aliphatic rings. The molecule has 0 saturated carbocycles. The lowest BCUT2D eigenvalue weighted by atomic mass is 10.3. The molecule has 0 atom stereocenters. The molecule has 2 aromatic rings. The van der Waals surface area contributed by atoms with Crippen LogP contribution in [-0.4, -0.2) is 46.0 Å². The molecule has 2 rings (SSSR count). The molecule has 9 heteroatoms. The number of benzene rings is 2. The summed E-state index contributed by atoms with van der Waals surface area (Å²) >= 11 is 11.6. The average molecular weight is 431 g/mol. The number of hydrogen-bond acceptors (Lipinski definition) is 4. The first kappa shape index (κ1) is 21.5. The van der Waals surface area contributed by atoms with Crippen LogP contribution in [0.15, 0.2) is 53.4 Å². The first-order valence-corrected chi connectivity index (χ1v) is 10.4. The van der Waals surface area contributed by atoms with Crippen LogP contribution in [-0.2, 0) is 14.8 Å². The van der Waals surface area contributed by atoms with Crippen LogP contribution in [0, 0.1) is 0 Å². The Morgan fingerprint density at radius 2 is 1.81 bits per heavy atom. The third-order valence-electron chi connectivity index (χ3n) is 3.67. The number of likely N-dealkylation sites (N-methyl/N-ethyl adjacent to an activating group) is 1. The van der Waals surface area contributed by atoms with Crippen LogP contribution in [0.25, 0.3) is 0 Å². The molecule has 2 aromatic carbocycles. The maximum absolute atomic E-state index is 12.2. The number of hydrogen-bond donors (Lipinski definition) is 1. The molecule has 0 unspecified atom stereocenters. The molecule has 146 valence electrons. The van der Waals surface area contributed by atoms with Crippen molar-refractivity contribution in [3.63, 3.8) is 0 Å². The van der Waals surface area contributed by atoms with Crippen molar-refractivity contribution >= 4 is 39.1 Å². The van der Waals surface area contributed by atoms with Gasteiger partial charge in [-0.15, -0.1) is 0 Å². The molecule has 6 nitrogen and oxygen atoms in total. The van der Waals surface area contributed by atoms with Gasteiger partial charge >= 0.3 is 0 Å². The molecule has 0 fully saturated rings. The fourth-order valence-corrected chi connectivity index (χ4v) is 3.61. The van der Waals surface area contributed by atoms with E-state index in [0.717, 1.165) is 0 Å². The van der Waals surface area contributed by atoms with Crippen molar-refractivity contribution in [2.45, 2.75) is 11.3 Å². The lowest BCUT2D eigenvalue weighted by Gasteiger charge is -2.17. The molecule has 0 radical (unpaired) electrons. The normalized spacial score (nSPS) is 11.2. The minimum absolute atomic E-state index is 0.00391. The highest BCUT2D eigenvalue weighted by atomic mass is 35.5. The number of nitrogens with one attached hydrogen (secondary N) is 1. The summed E-state index contributed by atoms with van der Waals surface area (Å²) in [4.78, 5) is 13.7. The first-order chi connectivity index (χ1) is 12.8. The molecule has 0 saturated heterocycles. The maximum Gasteiger partial charge on any atom is 0.240 e. The third kappa shape index (κ3) is 7.03. The van der Waals surface area contributed by atoms with Crippen molar-refractivity contribution in [2.24, 2.45) is 0 Å². The third-order valence-corrected chi connectivity index (χ3v) is 5.62. The lowest BCUT2D eigenvalue weighted by molar-refractivity contribution is -0.130. The minimum Gasteiger partial charge on any atom is -0.492 e. The van der Waals surface area contributed by atoms with Crippen LogP contribution >= 0.6 is 23.2 Å². The van der Waals surface area contributed by atoms with Crippen LogP contribution in [0.1, 0.15) is 6.42 Å². The number of carbonyl (C=O) groups excluding carboxylic acids is 1. The summed E-state index contributed by atoms with van der Waals surface area (Å²) in [5.41, 5.74) is 0. The fourth-order valence-electron chi connectivity index (χ4n) is 2.16. The van der Waals surface area contributed by atoms with Crippen molar-refractivity contribution in [1.82, 2.24) is 9.62 Å². The molecule has 0 aliphatic heterocycles. The summed E-state index contributed by atoms with van der Waals surface area (Å²) in [6.45, 7) is 0.691. The van der Waals surface area contributed by atoms with Gasteiger partial charge in [0.15, 0.2) is 0 Å². The molecular weight excluding hydrogens is 411 g/mol. The summed E-state index contributed by atoms with van der Waals surface area (Å²) in [6, 6.07) is 12.9. The highest BCUT2D eigenvalue weighted by molar-refractivity contribution is 7.89. The van der Waals surface area contributed by atoms with E-state index >= 15 is 0 Å². The number of sulfonamides is 1. The zero-order valence-electron chi connectivity index (χ0n) is 14.7. The van der Waals surface area contributed by atoms with Crippen LogP contribution in [0.2, 0.25) is 10.0 Å². The maximum atomic E-state index is 12.2. The second-order valence-corrected chi connectivity index (χ2v) is 8.36. The molecule has 1 N–H and O–H groups in total. The van der Waals surface area contributed by atoms with Crippen molar-refractivity contribution in [3.05, 3.63) is 58.6 Å². The molecule has 0 spiro atoms. The van der Waals surface area contributed by atoms with Gasteiger partial charge < -0.3 is 9.64 Å². The van der Waals surface area contributed by atoms with Gasteiger partial charge in [-0.05, 0) is 42.5 Å². The Hall–Kier alpha value is -1.80. The predicted octanol–water partition coefficient (Wildman–Crippen LogP) is 3.20. The Labute approximate surface area is 169 Å². The van der Waals surface area contributed by atoms with Gasteiger partial charge in [0.25, 0.3) is 0 Å². The SMILES string of the molecule is CN(CCOc1ccc(Cl)cc1)C(=O)CCNS(=O)(=O)c1cccc(Cl)c1. The predicted molar refractivity (Wildman–Crippen MR) is 106 cm³/mol.